The van der Waals surface area contributed by atoms with Crippen LogP contribution >= 0.6 is 0 Å². The molecule has 8 heteroatoms. The average molecular weight is 423 g/mol. The molecule has 162 valence electrons. The number of aromatic nitrogens is 1. The number of oxazole rings is 1. The van der Waals surface area contributed by atoms with Gasteiger partial charge in [-0.05, 0) is 29.8 Å². The van der Waals surface area contributed by atoms with E-state index in [2.05, 4.69) is 20.6 Å². The first-order valence-corrected chi connectivity index (χ1v) is 10.3. The summed E-state index contributed by atoms with van der Waals surface area (Å²) in [6.07, 6.45) is 1.63. The number of nitrogens with zero attached hydrogens (tertiary/aromatic N) is 3. The van der Waals surface area contributed by atoms with Gasteiger partial charge in [-0.25, -0.2) is 9.37 Å². The molecule has 0 radical (unpaired) electrons. The zero-order valence-electron chi connectivity index (χ0n) is 17.5. The first kappa shape index (κ1) is 20.9. The minimum absolute atomic E-state index is 0.222. The molecule has 0 amide bonds. The van der Waals surface area contributed by atoms with Gasteiger partial charge < -0.3 is 24.7 Å². The SMILES string of the molecule is CN=C(NCc1ccc(N2CCOCC2)c(F)c1)NCc1coc(-c2ccccc2)n1. The molecule has 0 atom stereocenters. The van der Waals surface area contributed by atoms with E-state index >= 15 is 0 Å². The van der Waals surface area contributed by atoms with Crippen molar-refractivity contribution >= 4 is 11.6 Å². The van der Waals surface area contributed by atoms with Crippen LogP contribution in [0.25, 0.3) is 11.5 Å². The van der Waals surface area contributed by atoms with Gasteiger partial charge in [0.2, 0.25) is 5.89 Å². The van der Waals surface area contributed by atoms with Gasteiger partial charge >= 0.3 is 0 Å². The number of hydrogen-bond acceptors (Lipinski definition) is 5. The van der Waals surface area contributed by atoms with Crippen molar-refractivity contribution in [3.63, 3.8) is 0 Å². The fourth-order valence-electron chi connectivity index (χ4n) is 3.40. The Morgan fingerprint density at radius 2 is 1.87 bits per heavy atom. The Kier molecular flexibility index (Phi) is 6.78. The van der Waals surface area contributed by atoms with Crippen LogP contribution in [-0.2, 0) is 17.8 Å². The van der Waals surface area contributed by atoms with Gasteiger partial charge in [0.25, 0.3) is 0 Å². The lowest BCUT2D eigenvalue weighted by Crippen LogP contribution is -2.37. The van der Waals surface area contributed by atoms with Crippen molar-refractivity contribution in [1.29, 1.82) is 0 Å². The number of guanidine groups is 1. The van der Waals surface area contributed by atoms with E-state index < -0.39 is 0 Å². The second-order valence-electron chi connectivity index (χ2n) is 7.17. The van der Waals surface area contributed by atoms with Crippen molar-refractivity contribution < 1.29 is 13.5 Å². The Bertz CT molecular complexity index is 1020. The van der Waals surface area contributed by atoms with Crippen molar-refractivity contribution in [2.24, 2.45) is 4.99 Å². The van der Waals surface area contributed by atoms with Crippen LogP contribution in [-0.4, -0.2) is 44.3 Å². The highest BCUT2D eigenvalue weighted by Crippen LogP contribution is 2.21. The highest BCUT2D eigenvalue weighted by molar-refractivity contribution is 5.79. The predicted molar refractivity (Wildman–Crippen MR) is 118 cm³/mol. The number of benzene rings is 2. The molecule has 1 aliphatic rings. The van der Waals surface area contributed by atoms with E-state index in [0.717, 1.165) is 16.8 Å². The Morgan fingerprint density at radius 3 is 2.61 bits per heavy atom. The maximum Gasteiger partial charge on any atom is 0.226 e. The average Bonchev–Trinajstić information content (AvgIpc) is 3.29. The summed E-state index contributed by atoms with van der Waals surface area (Å²) in [5.41, 5.74) is 3.15. The van der Waals surface area contributed by atoms with Gasteiger partial charge in [0, 0.05) is 32.2 Å². The minimum atomic E-state index is -0.222. The molecule has 0 spiro atoms. The van der Waals surface area contributed by atoms with Crippen LogP contribution in [0, 0.1) is 5.82 Å². The predicted octanol–water partition coefficient (Wildman–Crippen LogP) is 3.18. The number of morpholine rings is 1. The fraction of sp³-hybridized carbons (Fsp3) is 0.304. The zero-order valence-corrected chi connectivity index (χ0v) is 17.5. The molecule has 0 bridgehead atoms. The van der Waals surface area contributed by atoms with Crippen molar-refractivity contribution in [3.8, 4) is 11.5 Å². The van der Waals surface area contributed by atoms with Crippen LogP contribution in [0.3, 0.4) is 0 Å². The number of nitrogens with one attached hydrogen (secondary N) is 2. The molecule has 4 rings (SSSR count). The Morgan fingerprint density at radius 1 is 1.10 bits per heavy atom. The molecule has 7 nitrogen and oxygen atoms in total. The molecule has 0 saturated carbocycles. The first-order valence-electron chi connectivity index (χ1n) is 10.3. The van der Waals surface area contributed by atoms with Crippen LogP contribution in [0.5, 0.6) is 0 Å². The Balaban J connectivity index is 1.30. The molecule has 31 heavy (non-hydrogen) atoms. The zero-order chi connectivity index (χ0) is 21.5. The van der Waals surface area contributed by atoms with Gasteiger partial charge in [-0.15, -0.1) is 0 Å². The van der Waals surface area contributed by atoms with Crippen molar-refractivity contribution in [2.45, 2.75) is 13.1 Å². The number of aliphatic imine (C=N–C) groups is 1. The molecule has 2 aromatic carbocycles. The third-order valence-electron chi connectivity index (χ3n) is 5.06. The molecule has 1 aliphatic heterocycles. The van der Waals surface area contributed by atoms with E-state index in [9.17, 15) is 4.39 Å². The molecule has 3 aromatic rings. The van der Waals surface area contributed by atoms with E-state index in [1.165, 1.54) is 0 Å². The Labute approximate surface area is 181 Å². The molecule has 2 N–H and O–H groups in total. The topological polar surface area (TPSA) is 74.9 Å². The maximum absolute atomic E-state index is 14.6. The van der Waals surface area contributed by atoms with Crippen molar-refractivity contribution in [2.75, 3.05) is 38.3 Å². The van der Waals surface area contributed by atoms with Crippen LogP contribution < -0.4 is 15.5 Å². The number of ether oxygens (including phenoxy) is 1. The summed E-state index contributed by atoms with van der Waals surface area (Å²) < 4.78 is 25.5. The molecule has 1 saturated heterocycles. The number of rotatable bonds is 6. The lowest BCUT2D eigenvalue weighted by molar-refractivity contribution is 0.122. The largest absolute Gasteiger partial charge is 0.444 e. The summed E-state index contributed by atoms with van der Waals surface area (Å²) in [5.74, 6) is 0.957. The van der Waals surface area contributed by atoms with Crippen LogP contribution in [0.15, 0.2) is 64.2 Å². The van der Waals surface area contributed by atoms with Crippen LogP contribution in [0.1, 0.15) is 11.3 Å². The molecular formula is C23H26FN5O2. The molecule has 1 aromatic heterocycles. The van der Waals surface area contributed by atoms with Crippen molar-refractivity contribution in [3.05, 3.63) is 71.9 Å². The summed E-state index contributed by atoms with van der Waals surface area (Å²) in [6, 6.07) is 15.1. The molecular weight excluding hydrogens is 397 g/mol. The van der Waals surface area contributed by atoms with Gasteiger partial charge in [-0.2, -0.15) is 0 Å². The van der Waals surface area contributed by atoms with Gasteiger partial charge in [0.1, 0.15) is 12.1 Å². The Hall–Kier alpha value is -3.39. The normalized spacial score (nSPS) is 14.5. The lowest BCUT2D eigenvalue weighted by atomic mass is 10.1. The number of halogens is 1. The smallest absolute Gasteiger partial charge is 0.226 e. The minimum Gasteiger partial charge on any atom is -0.444 e. The second kappa shape index (κ2) is 10.1. The molecule has 1 fully saturated rings. The third kappa shape index (κ3) is 5.40. The van der Waals surface area contributed by atoms with Gasteiger partial charge in [-0.1, -0.05) is 24.3 Å². The summed E-state index contributed by atoms with van der Waals surface area (Å²) >= 11 is 0. The van der Waals surface area contributed by atoms with E-state index in [4.69, 9.17) is 9.15 Å². The molecule has 0 unspecified atom stereocenters. The van der Waals surface area contributed by atoms with Gasteiger partial charge in [0.15, 0.2) is 5.96 Å². The summed E-state index contributed by atoms with van der Waals surface area (Å²) in [5, 5.41) is 6.40. The van der Waals surface area contributed by atoms with Crippen molar-refractivity contribution in [1.82, 2.24) is 15.6 Å². The highest BCUT2D eigenvalue weighted by Gasteiger charge is 2.15. The third-order valence-corrected chi connectivity index (χ3v) is 5.06. The highest BCUT2D eigenvalue weighted by atomic mass is 19.1. The second-order valence-corrected chi connectivity index (χ2v) is 7.17. The molecule has 2 heterocycles. The first-order chi connectivity index (χ1) is 15.2. The summed E-state index contributed by atoms with van der Waals surface area (Å²) in [4.78, 5) is 10.7. The van der Waals surface area contributed by atoms with Gasteiger partial charge in [0.05, 0.1) is 31.1 Å². The number of anilines is 1. The fourth-order valence-corrected chi connectivity index (χ4v) is 3.40. The quantitative estimate of drug-likeness (QED) is 0.469. The van der Waals surface area contributed by atoms with E-state index in [-0.39, 0.29) is 5.82 Å². The lowest BCUT2D eigenvalue weighted by Gasteiger charge is -2.29. The maximum atomic E-state index is 14.6. The molecule has 0 aliphatic carbocycles. The van der Waals surface area contributed by atoms with E-state index in [0.29, 0.717) is 56.9 Å². The van der Waals surface area contributed by atoms with Crippen LogP contribution in [0.4, 0.5) is 10.1 Å². The van der Waals surface area contributed by atoms with E-state index in [1.807, 2.05) is 47.4 Å². The standard InChI is InChI=1S/C23H26FN5O2/c1-25-23(27-15-19-16-31-22(28-19)18-5-3-2-4-6-18)26-14-17-7-8-21(20(24)13-17)29-9-11-30-12-10-29/h2-8,13,16H,9-12,14-15H2,1H3,(H2,25,26,27). The number of hydrogen-bond donors (Lipinski definition) is 2. The van der Waals surface area contributed by atoms with Gasteiger partial charge in [-0.3, -0.25) is 4.99 Å². The van der Waals surface area contributed by atoms with E-state index in [1.54, 1.807) is 19.4 Å². The monoisotopic (exact) mass is 423 g/mol. The summed E-state index contributed by atoms with van der Waals surface area (Å²) in [6.45, 7) is 3.58. The van der Waals surface area contributed by atoms with Crippen LogP contribution in [0.2, 0.25) is 0 Å². The summed E-state index contributed by atoms with van der Waals surface area (Å²) in [7, 11) is 1.69.